The lowest BCUT2D eigenvalue weighted by molar-refractivity contribution is 0.0734. The van der Waals surface area contributed by atoms with Crippen LogP contribution in [-0.2, 0) is 0 Å². The van der Waals surface area contributed by atoms with Crippen molar-refractivity contribution in [3.8, 4) is 0 Å². The monoisotopic (exact) mass is 282 g/mol. The van der Waals surface area contributed by atoms with E-state index >= 15 is 0 Å². The first kappa shape index (κ1) is 15.6. The first-order chi connectivity index (χ1) is 9.61. The topological polar surface area (TPSA) is 52.8 Å². The van der Waals surface area contributed by atoms with E-state index in [2.05, 4.69) is 4.90 Å². The number of rotatable bonds is 3. The highest BCUT2D eigenvalue weighted by atomic mass is 16.2. The smallest absolute Gasteiger partial charge is 0.319 e. The summed E-state index contributed by atoms with van der Waals surface area (Å²) < 4.78 is 0. The summed E-state index contributed by atoms with van der Waals surface area (Å²) in [6.45, 7) is 5.06. The molecule has 5 nitrogen and oxygen atoms in total. The van der Waals surface area contributed by atoms with Gasteiger partial charge in [-0.2, -0.15) is 0 Å². The fraction of sp³-hybridized carbons (Fsp3) is 0.933. The Bertz CT molecular complexity index is 311. The van der Waals surface area contributed by atoms with Gasteiger partial charge in [-0.15, -0.1) is 0 Å². The van der Waals surface area contributed by atoms with Crippen molar-refractivity contribution in [2.45, 2.75) is 38.1 Å². The van der Waals surface area contributed by atoms with E-state index in [1.165, 1.54) is 25.9 Å². The molecule has 2 saturated heterocycles. The molecule has 0 aliphatic carbocycles. The molecule has 2 aliphatic heterocycles. The highest BCUT2D eigenvalue weighted by Gasteiger charge is 2.30. The Labute approximate surface area is 123 Å². The zero-order valence-electron chi connectivity index (χ0n) is 13.1. The molecule has 2 N–H and O–H groups in total. The average Bonchev–Trinajstić information content (AvgIpc) is 2.47. The largest absolute Gasteiger partial charge is 0.331 e. The standard InChI is InChI=1S/C15H30N4O/c1-17(2)15(20)18-10-6-14(7-11-18)19-9-3-4-13(12-19)5-8-16/h13-14H,3-12,16H2,1-2H3. The summed E-state index contributed by atoms with van der Waals surface area (Å²) >= 11 is 0. The highest BCUT2D eigenvalue weighted by molar-refractivity contribution is 5.73. The van der Waals surface area contributed by atoms with Crippen LogP contribution in [0.25, 0.3) is 0 Å². The van der Waals surface area contributed by atoms with Crippen molar-refractivity contribution < 1.29 is 4.79 Å². The molecule has 0 aromatic carbocycles. The van der Waals surface area contributed by atoms with Crippen LogP contribution >= 0.6 is 0 Å². The third-order valence-electron chi connectivity index (χ3n) is 4.76. The van der Waals surface area contributed by atoms with Crippen molar-refractivity contribution in [2.24, 2.45) is 11.7 Å². The zero-order valence-corrected chi connectivity index (χ0v) is 13.1. The van der Waals surface area contributed by atoms with E-state index in [1.54, 1.807) is 4.90 Å². The molecular weight excluding hydrogens is 252 g/mol. The molecule has 2 amide bonds. The van der Waals surface area contributed by atoms with Gasteiger partial charge in [0.05, 0.1) is 0 Å². The van der Waals surface area contributed by atoms with E-state index in [1.807, 2.05) is 19.0 Å². The molecule has 116 valence electrons. The first-order valence-corrected chi connectivity index (χ1v) is 8.02. The molecule has 0 radical (unpaired) electrons. The second kappa shape index (κ2) is 7.27. The zero-order chi connectivity index (χ0) is 14.5. The quantitative estimate of drug-likeness (QED) is 0.846. The summed E-state index contributed by atoms with van der Waals surface area (Å²) in [4.78, 5) is 18.3. The van der Waals surface area contributed by atoms with E-state index in [0.717, 1.165) is 44.8 Å². The lowest BCUT2D eigenvalue weighted by atomic mass is 9.92. The number of urea groups is 1. The van der Waals surface area contributed by atoms with Crippen LogP contribution in [0.2, 0.25) is 0 Å². The van der Waals surface area contributed by atoms with Gasteiger partial charge in [0.25, 0.3) is 0 Å². The second-order valence-corrected chi connectivity index (χ2v) is 6.48. The third kappa shape index (κ3) is 3.85. The lowest BCUT2D eigenvalue weighted by Gasteiger charge is -2.42. The summed E-state index contributed by atoms with van der Waals surface area (Å²) in [5.41, 5.74) is 5.70. The Hall–Kier alpha value is -0.810. The number of nitrogens with two attached hydrogens (primary N) is 1. The number of piperidine rings is 2. The summed E-state index contributed by atoms with van der Waals surface area (Å²) in [6.07, 6.45) is 6.05. The van der Waals surface area contributed by atoms with Gasteiger partial charge in [0.1, 0.15) is 0 Å². The molecule has 0 aromatic heterocycles. The third-order valence-corrected chi connectivity index (χ3v) is 4.76. The first-order valence-electron chi connectivity index (χ1n) is 8.02. The molecule has 20 heavy (non-hydrogen) atoms. The summed E-state index contributed by atoms with van der Waals surface area (Å²) in [6, 6.07) is 0.824. The SMILES string of the molecule is CN(C)C(=O)N1CCC(N2CCCC(CCN)C2)CC1. The van der Waals surface area contributed by atoms with Gasteiger partial charge in [-0.3, -0.25) is 4.90 Å². The van der Waals surface area contributed by atoms with Crippen molar-refractivity contribution >= 4 is 6.03 Å². The van der Waals surface area contributed by atoms with E-state index < -0.39 is 0 Å². The van der Waals surface area contributed by atoms with Gasteiger partial charge >= 0.3 is 6.03 Å². The number of carbonyl (C=O) groups excluding carboxylic acids is 1. The molecule has 2 fully saturated rings. The summed E-state index contributed by atoms with van der Waals surface area (Å²) in [5, 5.41) is 0. The maximum atomic E-state index is 11.9. The number of likely N-dealkylation sites (tertiary alicyclic amines) is 2. The van der Waals surface area contributed by atoms with Crippen molar-refractivity contribution in [1.29, 1.82) is 0 Å². The summed E-state index contributed by atoms with van der Waals surface area (Å²) in [5.74, 6) is 0.787. The van der Waals surface area contributed by atoms with Crippen LogP contribution in [0.1, 0.15) is 32.1 Å². The van der Waals surface area contributed by atoms with E-state index in [0.29, 0.717) is 6.04 Å². The van der Waals surface area contributed by atoms with Gasteiger partial charge < -0.3 is 15.5 Å². The minimum absolute atomic E-state index is 0.156. The Morgan fingerprint density at radius 3 is 2.50 bits per heavy atom. The van der Waals surface area contributed by atoms with E-state index in [9.17, 15) is 4.79 Å². The van der Waals surface area contributed by atoms with Crippen LogP contribution in [0.4, 0.5) is 4.79 Å². The number of hydrogen-bond acceptors (Lipinski definition) is 3. The fourth-order valence-electron chi connectivity index (χ4n) is 3.61. The maximum absolute atomic E-state index is 11.9. The molecule has 0 aromatic rings. The Morgan fingerprint density at radius 1 is 1.20 bits per heavy atom. The molecule has 1 unspecified atom stereocenters. The van der Waals surface area contributed by atoms with Gasteiger partial charge in [-0.05, 0) is 51.1 Å². The van der Waals surface area contributed by atoms with Crippen molar-refractivity contribution in [1.82, 2.24) is 14.7 Å². The molecule has 2 rings (SSSR count). The molecule has 5 heteroatoms. The van der Waals surface area contributed by atoms with E-state index in [4.69, 9.17) is 5.73 Å². The number of amides is 2. The molecular formula is C15H30N4O. The minimum atomic E-state index is 0.156. The Balaban J connectivity index is 1.80. The average molecular weight is 282 g/mol. The van der Waals surface area contributed by atoms with Crippen LogP contribution in [0, 0.1) is 5.92 Å². The van der Waals surface area contributed by atoms with Crippen LogP contribution in [-0.4, -0.2) is 73.6 Å². The van der Waals surface area contributed by atoms with E-state index in [-0.39, 0.29) is 6.03 Å². The van der Waals surface area contributed by atoms with Crippen LogP contribution in [0.15, 0.2) is 0 Å². The number of hydrogen-bond donors (Lipinski definition) is 1. The lowest BCUT2D eigenvalue weighted by Crippen LogP contribution is -2.51. The van der Waals surface area contributed by atoms with Crippen molar-refractivity contribution in [2.75, 3.05) is 46.8 Å². The van der Waals surface area contributed by atoms with Crippen molar-refractivity contribution in [3.05, 3.63) is 0 Å². The Kier molecular flexibility index (Phi) is 5.66. The normalized spacial score (nSPS) is 25.8. The summed E-state index contributed by atoms with van der Waals surface area (Å²) in [7, 11) is 3.66. The molecule has 1 atom stereocenters. The van der Waals surface area contributed by atoms with Gasteiger partial charge in [-0.25, -0.2) is 4.79 Å². The molecule has 0 spiro atoms. The predicted octanol–water partition coefficient (Wildman–Crippen LogP) is 1.19. The van der Waals surface area contributed by atoms with Gasteiger partial charge in [0.2, 0.25) is 0 Å². The Morgan fingerprint density at radius 2 is 1.90 bits per heavy atom. The molecule has 2 aliphatic rings. The van der Waals surface area contributed by atoms with Gasteiger partial charge in [0.15, 0.2) is 0 Å². The van der Waals surface area contributed by atoms with Crippen molar-refractivity contribution in [3.63, 3.8) is 0 Å². The predicted molar refractivity (Wildman–Crippen MR) is 81.6 cm³/mol. The second-order valence-electron chi connectivity index (χ2n) is 6.48. The minimum Gasteiger partial charge on any atom is -0.331 e. The van der Waals surface area contributed by atoms with Crippen LogP contribution in [0.5, 0.6) is 0 Å². The van der Waals surface area contributed by atoms with Gasteiger partial charge in [-0.1, -0.05) is 0 Å². The van der Waals surface area contributed by atoms with Crippen LogP contribution < -0.4 is 5.73 Å². The van der Waals surface area contributed by atoms with Gasteiger partial charge in [0, 0.05) is 39.8 Å². The number of nitrogens with zero attached hydrogens (tertiary/aromatic N) is 3. The fourth-order valence-corrected chi connectivity index (χ4v) is 3.61. The number of carbonyl (C=O) groups is 1. The highest BCUT2D eigenvalue weighted by Crippen LogP contribution is 2.25. The molecule has 0 saturated carbocycles. The van der Waals surface area contributed by atoms with Crippen LogP contribution in [0.3, 0.4) is 0 Å². The molecule has 0 bridgehead atoms. The molecule has 2 heterocycles. The maximum Gasteiger partial charge on any atom is 0.319 e.